The number of oxazole rings is 1. The van der Waals surface area contributed by atoms with Crippen LogP contribution in [0.4, 0.5) is 14.8 Å². The number of piperidine rings is 1. The lowest BCUT2D eigenvalue weighted by atomic mass is 9.89. The average Bonchev–Trinajstić information content (AvgIpc) is 3.26. The summed E-state index contributed by atoms with van der Waals surface area (Å²) in [5.74, 6) is -0.909. The van der Waals surface area contributed by atoms with Crippen LogP contribution in [0.1, 0.15) is 35.7 Å². The molecule has 180 valence electrons. The summed E-state index contributed by atoms with van der Waals surface area (Å²) in [4.78, 5) is 28.4. The number of nitrogens with one attached hydrogen (secondary N) is 1. The van der Waals surface area contributed by atoms with E-state index in [0.29, 0.717) is 41.1 Å². The minimum atomic E-state index is -0.564. The SMILES string of the molecule is Cc1ccc(-c2ncccn2)c(C(=O)N2CCCC(C)C2CNc2nc3ccc(F)cc3o2)c1F. The van der Waals surface area contributed by atoms with E-state index in [1.165, 1.54) is 12.1 Å². The first-order chi connectivity index (χ1) is 16.9. The number of amides is 1. The Bertz CT molecular complexity index is 1380. The van der Waals surface area contributed by atoms with Gasteiger partial charge in [-0.25, -0.2) is 18.7 Å². The van der Waals surface area contributed by atoms with Gasteiger partial charge in [0.1, 0.15) is 17.2 Å². The fourth-order valence-electron chi connectivity index (χ4n) is 4.64. The summed E-state index contributed by atoms with van der Waals surface area (Å²) in [5.41, 5.74) is 1.60. The van der Waals surface area contributed by atoms with E-state index in [1.54, 1.807) is 48.5 Å². The first-order valence-electron chi connectivity index (χ1n) is 11.6. The van der Waals surface area contributed by atoms with Crippen molar-refractivity contribution in [1.29, 1.82) is 0 Å². The topological polar surface area (TPSA) is 84.2 Å². The Labute approximate surface area is 201 Å². The average molecular weight is 478 g/mol. The van der Waals surface area contributed by atoms with Crippen molar-refractivity contribution in [3.05, 3.63) is 71.6 Å². The molecule has 1 saturated heterocycles. The van der Waals surface area contributed by atoms with Crippen molar-refractivity contribution in [3.63, 3.8) is 0 Å². The number of benzene rings is 2. The predicted octanol–water partition coefficient (Wildman–Crippen LogP) is 5.22. The number of rotatable bonds is 5. The smallest absolute Gasteiger partial charge is 0.295 e. The number of likely N-dealkylation sites (tertiary alicyclic amines) is 1. The van der Waals surface area contributed by atoms with Gasteiger partial charge < -0.3 is 14.6 Å². The molecule has 1 aliphatic rings. The maximum atomic E-state index is 15.4. The fraction of sp³-hybridized carbons (Fsp3) is 0.308. The Morgan fingerprint density at radius 3 is 2.80 bits per heavy atom. The molecular formula is C26H25F2N5O2. The van der Waals surface area contributed by atoms with E-state index < -0.39 is 17.5 Å². The molecule has 1 aliphatic heterocycles. The number of anilines is 1. The van der Waals surface area contributed by atoms with Crippen LogP contribution >= 0.6 is 0 Å². The van der Waals surface area contributed by atoms with Crippen LogP contribution in [0.2, 0.25) is 0 Å². The Morgan fingerprint density at radius 2 is 2.00 bits per heavy atom. The molecule has 4 aromatic rings. The lowest BCUT2D eigenvalue weighted by Crippen LogP contribution is -2.51. The summed E-state index contributed by atoms with van der Waals surface area (Å²) in [7, 11) is 0. The largest absolute Gasteiger partial charge is 0.423 e. The number of halogens is 2. The van der Waals surface area contributed by atoms with Gasteiger partial charge in [-0.05, 0) is 55.5 Å². The van der Waals surface area contributed by atoms with Crippen molar-refractivity contribution in [2.24, 2.45) is 5.92 Å². The number of carbonyl (C=O) groups is 1. The quantitative estimate of drug-likeness (QED) is 0.424. The molecule has 1 amide bonds. The standard InChI is InChI=1S/C26H25F2N5O2/c1-15-5-3-12-33(20(15)14-31-26-32-19-9-7-17(27)13-21(19)35-26)25(34)22-18(8-6-16(2)23(22)28)24-29-10-4-11-30-24/h4,6-11,13,15,20H,3,5,12,14H2,1-2H3,(H,31,32). The molecule has 0 radical (unpaired) electrons. The van der Waals surface area contributed by atoms with E-state index in [0.717, 1.165) is 12.8 Å². The number of hydrogen-bond acceptors (Lipinski definition) is 6. The summed E-state index contributed by atoms with van der Waals surface area (Å²) < 4.78 is 34.5. The van der Waals surface area contributed by atoms with Crippen molar-refractivity contribution in [2.45, 2.75) is 32.7 Å². The molecule has 9 heteroatoms. The normalized spacial score (nSPS) is 18.1. The first kappa shape index (κ1) is 22.9. The zero-order chi connectivity index (χ0) is 24.5. The molecular weight excluding hydrogens is 452 g/mol. The zero-order valence-electron chi connectivity index (χ0n) is 19.5. The van der Waals surface area contributed by atoms with Gasteiger partial charge in [0.25, 0.3) is 11.9 Å². The molecule has 3 heterocycles. The second-order valence-corrected chi connectivity index (χ2v) is 8.89. The van der Waals surface area contributed by atoms with Crippen LogP contribution in [0.5, 0.6) is 0 Å². The third kappa shape index (κ3) is 4.45. The lowest BCUT2D eigenvalue weighted by molar-refractivity contribution is 0.0535. The minimum absolute atomic E-state index is 0.0207. The van der Waals surface area contributed by atoms with E-state index in [1.807, 2.05) is 0 Å². The summed E-state index contributed by atoms with van der Waals surface area (Å²) in [6.07, 6.45) is 4.88. The van der Waals surface area contributed by atoms with E-state index in [9.17, 15) is 9.18 Å². The highest BCUT2D eigenvalue weighted by molar-refractivity contribution is 6.01. The molecule has 1 fully saturated rings. The maximum absolute atomic E-state index is 15.4. The molecule has 2 atom stereocenters. The highest BCUT2D eigenvalue weighted by Crippen LogP contribution is 2.31. The Kier molecular flexibility index (Phi) is 6.15. The van der Waals surface area contributed by atoms with Gasteiger partial charge >= 0.3 is 0 Å². The van der Waals surface area contributed by atoms with E-state index >= 15 is 4.39 Å². The highest BCUT2D eigenvalue weighted by atomic mass is 19.1. The molecule has 0 spiro atoms. The van der Waals surface area contributed by atoms with Crippen LogP contribution < -0.4 is 5.32 Å². The van der Waals surface area contributed by atoms with E-state index in [4.69, 9.17) is 4.42 Å². The van der Waals surface area contributed by atoms with Gasteiger partial charge in [-0.3, -0.25) is 4.79 Å². The second kappa shape index (κ2) is 9.40. The number of hydrogen-bond donors (Lipinski definition) is 1. The third-order valence-corrected chi connectivity index (χ3v) is 6.55. The van der Waals surface area contributed by atoms with Gasteiger partial charge in [0.15, 0.2) is 11.4 Å². The van der Waals surface area contributed by atoms with E-state index in [-0.39, 0.29) is 23.5 Å². The number of aryl methyl sites for hydroxylation is 1. The minimum Gasteiger partial charge on any atom is -0.423 e. The van der Waals surface area contributed by atoms with Crippen molar-refractivity contribution < 1.29 is 18.0 Å². The fourth-order valence-corrected chi connectivity index (χ4v) is 4.64. The predicted molar refractivity (Wildman–Crippen MR) is 128 cm³/mol. The van der Waals surface area contributed by atoms with Gasteiger partial charge in [-0.15, -0.1) is 0 Å². The summed E-state index contributed by atoms with van der Waals surface area (Å²) in [5, 5.41) is 3.15. The van der Waals surface area contributed by atoms with Crippen LogP contribution in [-0.2, 0) is 0 Å². The maximum Gasteiger partial charge on any atom is 0.295 e. The Balaban J connectivity index is 1.45. The van der Waals surface area contributed by atoms with Crippen molar-refractivity contribution in [2.75, 3.05) is 18.4 Å². The zero-order valence-corrected chi connectivity index (χ0v) is 19.5. The Hall–Kier alpha value is -3.88. The summed E-state index contributed by atoms with van der Waals surface area (Å²) in [6, 6.07) is 9.16. The molecule has 5 rings (SSSR count). The number of aromatic nitrogens is 3. The van der Waals surface area contributed by atoms with Gasteiger partial charge in [-0.1, -0.05) is 13.0 Å². The van der Waals surface area contributed by atoms with Crippen molar-refractivity contribution in [1.82, 2.24) is 19.9 Å². The molecule has 0 aliphatic carbocycles. The number of nitrogens with zero attached hydrogens (tertiary/aromatic N) is 4. The molecule has 35 heavy (non-hydrogen) atoms. The van der Waals surface area contributed by atoms with Crippen molar-refractivity contribution in [3.8, 4) is 11.4 Å². The number of fused-ring (bicyclic) bond motifs is 1. The molecule has 1 N–H and O–H groups in total. The highest BCUT2D eigenvalue weighted by Gasteiger charge is 2.35. The summed E-state index contributed by atoms with van der Waals surface area (Å²) >= 11 is 0. The number of carbonyl (C=O) groups excluding carboxylic acids is 1. The summed E-state index contributed by atoms with van der Waals surface area (Å²) in [6.45, 7) is 4.56. The van der Waals surface area contributed by atoms with Gasteiger partial charge in [0.2, 0.25) is 0 Å². The van der Waals surface area contributed by atoms with Crippen LogP contribution in [0.25, 0.3) is 22.5 Å². The molecule has 2 aromatic carbocycles. The van der Waals surface area contributed by atoms with Crippen LogP contribution in [-0.4, -0.2) is 44.9 Å². The molecule has 2 aromatic heterocycles. The van der Waals surface area contributed by atoms with Gasteiger partial charge in [0, 0.05) is 37.1 Å². The molecule has 0 saturated carbocycles. The first-order valence-corrected chi connectivity index (χ1v) is 11.6. The monoisotopic (exact) mass is 477 g/mol. The van der Waals surface area contributed by atoms with Crippen LogP contribution in [0, 0.1) is 24.5 Å². The molecule has 0 bridgehead atoms. The molecule has 2 unspecified atom stereocenters. The van der Waals surface area contributed by atoms with Gasteiger partial charge in [0.05, 0.1) is 11.6 Å². The third-order valence-electron chi connectivity index (χ3n) is 6.55. The molecule has 7 nitrogen and oxygen atoms in total. The van der Waals surface area contributed by atoms with Crippen molar-refractivity contribution >= 4 is 23.0 Å². The lowest BCUT2D eigenvalue weighted by Gasteiger charge is -2.40. The van der Waals surface area contributed by atoms with Crippen LogP contribution in [0.3, 0.4) is 0 Å². The van der Waals surface area contributed by atoms with E-state index in [2.05, 4.69) is 27.2 Å². The van der Waals surface area contributed by atoms with Gasteiger partial charge in [-0.2, -0.15) is 4.98 Å². The van der Waals surface area contributed by atoms with Crippen LogP contribution in [0.15, 0.2) is 53.2 Å². The Morgan fingerprint density at radius 1 is 1.20 bits per heavy atom. The second-order valence-electron chi connectivity index (χ2n) is 8.89.